The number of hydrogen-bond acceptors (Lipinski definition) is 5. The summed E-state index contributed by atoms with van der Waals surface area (Å²) in [4.78, 5) is 9.01. The highest BCUT2D eigenvalue weighted by Gasteiger charge is 2.23. The van der Waals surface area contributed by atoms with E-state index in [4.69, 9.17) is 0 Å². The second kappa shape index (κ2) is 7.38. The van der Waals surface area contributed by atoms with Gasteiger partial charge in [-0.25, -0.2) is 4.98 Å². The van der Waals surface area contributed by atoms with Crippen molar-refractivity contribution in [3.05, 3.63) is 65.6 Å². The topological polar surface area (TPSA) is 61.9 Å². The second-order valence-electron chi connectivity index (χ2n) is 6.45. The minimum Gasteiger partial charge on any atom is -0.375 e. The van der Waals surface area contributed by atoms with Crippen LogP contribution in [0.2, 0.25) is 0 Å². The second-order valence-corrected chi connectivity index (χ2v) is 6.45. The van der Waals surface area contributed by atoms with E-state index in [1.54, 1.807) is 0 Å². The number of allylic oxidation sites excluding steroid dienone is 2. The molecule has 3 N–H and O–H groups in total. The van der Waals surface area contributed by atoms with Crippen LogP contribution in [0.25, 0.3) is 0 Å². The first-order valence-corrected chi connectivity index (χ1v) is 8.58. The van der Waals surface area contributed by atoms with E-state index in [9.17, 15) is 0 Å². The fourth-order valence-corrected chi connectivity index (χ4v) is 2.52. The number of nitrogens with one attached hydrogen (secondary N) is 3. The van der Waals surface area contributed by atoms with Gasteiger partial charge in [0.25, 0.3) is 0 Å². The summed E-state index contributed by atoms with van der Waals surface area (Å²) in [5.74, 6) is 2.87. The quantitative estimate of drug-likeness (QED) is 0.659. The average molecular weight is 335 g/mol. The van der Waals surface area contributed by atoms with Crippen LogP contribution in [0.3, 0.4) is 0 Å². The molecule has 1 aliphatic rings. The highest BCUT2D eigenvalue weighted by atomic mass is 15.2. The lowest BCUT2D eigenvalue weighted by Gasteiger charge is -2.14. The number of anilines is 3. The van der Waals surface area contributed by atoms with E-state index in [1.807, 2.05) is 38.4 Å². The highest BCUT2D eigenvalue weighted by Crippen LogP contribution is 2.36. The van der Waals surface area contributed by atoms with Crippen LogP contribution >= 0.6 is 0 Å². The predicted molar refractivity (Wildman–Crippen MR) is 104 cm³/mol. The first-order chi connectivity index (χ1) is 12.1. The Bertz CT molecular complexity index is 805. The summed E-state index contributed by atoms with van der Waals surface area (Å²) in [7, 11) is 1.89. The van der Waals surface area contributed by atoms with Gasteiger partial charge < -0.3 is 16.0 Å². The predicted octanol–water partition coefficient (Wildman–Crippen LogP) is 4.28. The molecule has 0 spiro atoms. The molecule has 0 amide bonds. The van der Waals surface area contributed by atoms with Gasteiger partial charge in [0.1, 0.15) is 11.6 Å². The monoisotopic (exact) mass is 335 g/mol. The van der Waals surface area contributed by atoms with Gasteiger partial charge in [-0.3, -0.25) is 0 Å². The zero-order valence-electron chi connectivity index (χ0n) is 15.1. The van der Waals surface area contributed by atoms with Crippen molar-refractivity contribution in [2.75, 3.05) is 17.7 Å². The smallest absolute Gasteiger partial charge is 0.229 e. The number of nitrogens with zero attached hydrogens (tertiary/aromatic N) is 2. The summed E-state index contributed by atoms with van der Waals surface area (Å²) >= 11 is 0. The zero-order valence-corrected chi connectivity index (χ0v) is 15.1. The molecule has 1 aromatic heterocycles. The summed E-state index contributed by atoms with van der Waals surface area (Å²) in [6.45, 7) is 8.20. The van der Waals surface area contributed by atoms with Gasteiger partial charge in [-0.2, -0.15) is 4.98 Å². The summed E-state index contributed by atoms with van der Waals surface area (Å²) in [6.07, 6.45) is 6.36. The van der Waals surface area contributed by atoms with E-state index < -0.39 is 0 Å². The molecule has 2 aromatic rings. The van der Waals surface area contributed by atoms with Crippen LogP contribution in [0, 0.1) is 19.8 Å². The molecule has 25 heavy (non-hydrogen) atoms. The maximum absolute atomic E-state index is 4.62. The standard InChI is InChI=1S/C20H25N5/c1-13-7-5-6-8-17(13)23-20-22-12-15(3)19(25-20)24-18(21-4)11-14(2)16-9-10-16/h5-8,11-12,16,21H,2,9-10H2,1,3-4H3,(H2,22,23,24,25)/b18-11+. The number of rotatable bonds is 7. The third-order valence-corrected chi connectivity index (χ3v) is 4.32. The van der Waals surface area contributed by atoms with Gasteiger partial charge in [-0.1, -0.05) is 24.8 Å². The van der Waals surface area contributed by atoms with Crippen molar-refractivity contribution in [3.63, 3.8) is 0 Å². The van der Waals surface area contributed by atoms with Crippen LogP contribution in [0.5, 0.6) is 0 Å². The number of aryl methyl sites for hydroxylation is 2. The van der Waals surface area contributed by atoms with Crippen molar-refractivity contribution in [1.29, 1.82) is 0 Å². The lowest BCUT2D eigenvalue weighted by atomic mass is 10.2. The van der Waals surface area contributed by atoms with Gasteiger partial charge >= 0.3 is 0 Å². The minimum atomic E-state index is 0.568. The minimum absolute atomic E-state index is 0.568. The Balaban J connectivity index is 1.79. The van der Waals surface area contributed by atoms with E-state index in [0.29, 0.717) is 11.9 Å². The summed E-state index contributed by atoms with van der Waals surface area (Å²) in [5.41, 5.74) is 4.29. The first kappa shape index (κ1) is 17.0. The molecule has 0 unspecified atom stereocenters. The van der Waals surface area contributed by atoms with Crippen molar-refractivity contribution in [2.45, 2.75) is 26.7 Å². The third kappa shape index (κ3) is 4.38. The van der Waals surface area contributed by atoms with Crippen LogP contribution in [-0.2, 0) is 0 Å². The van der Waals surface area contributed by atoms with Crippen molar-refractivity contribution < 1.29 is 0 Å². The summed E-state index contributed by atoms with van der Waals surface area (Å²) in [6, 6.07) is 8.08. The molecule has 1 aliphatic carbocycles. The van der Waals surface area contributed by atoms with Gasteiger partial charge in [-0.05, 0) is 55.9 Å². The van der Waals surface area contributed by atoms with E-state index in [1.165, 1.54) is 12.8 Å². The molecular formula is C20H25N5. The van der Waals surface area contributed by atoms with Crippen LogP contribution < -0.4 is 16.0 Å². The van der Waals surface area contributed by atoms with Crippen molar-refractivity contribution >= 4 is 17.5 Å². The molecule has 0 bridgehead atoms. The van der Waals surface area contributed by atoms with Crippen LogP contribution in [0.1, 0.15) is 24.0 Å². The molecule has 1 aromatic carbocycles. The van der Waals surface area contributed by atoms with Crippen molar-refractivity contribution in [2.24, 2.45) is 5.92 Å². The Morgan fingerprint density at radius 2 is 1.96 bits per heavy atom. The number of para-hydroxylation sites is 1. The maximum atomic E-state index is 4.62. The Morgan fingerprint density at radius 3 is 2.64 bits per heavy atom. The van der Waals surface area contributed by atoms with E-state index in [2.05, 4.69) is 51.6 Å². The van der Waals surface area contributed by atoms with E-state index >= 15 is 0 Å². The molecule has 5 heteroatoms. The number of benzene rings is 1. The van der Waals surface area contributed by atoms with Gasteiger partial charge in [-0.15, -0.1) is 0 Å². The van der Waals surface area contributed by atoms with Gasteiger partial charge in [0.05, 0.1) is 0 Å². The SMILES string of the molecule is C=C(/C=C(\NC)Nc1nc(Nc2ccccc2C)ncc1C)C1CC1. The Hall–Kier alpha value is -2.82. The molecule has 130 valence electrons. The molecule has 0 radical (unpaired) electrons. The summed E-state index contributed by atoms with van der Waals surface area (Å²) < 4.78 is 0. The fourth-order valence-electron chi connectivity index (χ4n) is 2.52. The Kier molecular flexibility index (Phi) is 5.03. The molecule has 3 rings (SSSR count). The largest absolute Gasteiger partial charge is 0.375 e. The first-order valence-electron chi connectivity index (χ1n) is 8.58. The molecule has 1 fully saturated rings. The highest BCUT2D eigenvalue weighted by molar-refractivity contribution is 5.60. The van der Waals surface area contributed by atoms with Crippen LogP contribution in [-0.4, -0.2) is 17.0 Å². The van der Waals surface area contributed by atoms with Crippen molar-refractivity contribution in [1.82, 2.24) is 15.3 Å². The fraction of sp³-hybridized carbons (Fsp3) is 0.300. The Labute approximate surface area is 149 Å². The van der Waals surface area contributed by atoms with E-state index in [-0.39, 0.29) is 0 Å². The average Bonchev–Trinajstić information content (AvgIpc) is 3.44. The molecule has 0 saturated heterocycles. The lowest BCUT2D eigenvalue weighted by Crippen LogP contribution is -2.17. The molecule has 1 heterocycles. The Morgan fingerprint density at radius 1 is 1.20 bits per heavy atom. The molecule has 1 saturated carbocycles. The van der Waals surface area contributed by atoms with Crippen LogP contribution in [0.15, 0.2) is 54.5 Å². The normalized spacial score (nSPS) is 14.1. The third-order valence-electron chi connectivity index (χ3n) is 4.32. The zero-order chi connectivity index (χ0) is 17.8. The molecule has 0 atom stereocenters. The summed E-state index contributed by atoms with van der Waals surface area (Å²) in [5, 5.41) is 9.81. The van der Waals surface area contributed by atoms with Crippen LogP contribution in [0.4, 0.5) is 17.5 Å². The van der Waals surface area contributed by atoms with Gasteiger partial charge in [0, 0.05) is 24.5 Å². The molecular weight excluding hydrogens is 310 g/mol. The number of aromatic nitrogens is 2. The van der Waals surface area contributed by atoms with Crippen molar-refractivity contribution in [3.8, 4) is 0 Å². The molecule has 5 nitrogen and oxygen atoms in total. The lowest BCUT2D eigenvalue weighted by molar-refractivity contribution is 0.961. The maximum Gasteiger partial charge on any atom is 0.229 e. The number of hydrogen-bond donors (Lipinski definition) is 3. The van der Waals surface area contributed by atoms with Gasteiger partial charge in [0.2, 0.25) is 5.95 Å². The molecule has 0 aliphatic heterocycles. The van der Waals surface area contributed by atoms with Gasteiger partial charge in [0.15, 0.2) is 0 Å². The van der Waals surface area contributed by atoms with E-state index in [0.717, 1.165) is 34.0 Å².